The van der Waals surface area contributed by atoms with Crippen LogP contribution in [0.5, 0.6) is 0 Å². The number of carbonyl (C=O) groups excluding carboxylic acids is 5. The summed E-state index contributed by atoms with van der Waals surface area (Å²) >= 11 is 0. The van der Waals surface area contributed by atoms with E-state index < -0.39 is 11.7 Å². The fourth-order valence-corrected chi connectivity index (χ4v) is 3.19. The van der Waals surface area contributed by atoms with Gasteiger partial charge in [0.2, 0.25) is 0 Å². The van der Waals surface area contributed by atoms with Gasteiger partial charge in [-0.3, -0.25) is 19.2 Å². The van der Waals surface area contributed by atoms with Gasteiger partial charge in [0.25, 0.3) is 0 Å². The van der Waals surface area contributed by atoms with Crippen LogP contribution in [0.1, 0.15) is 60.3 Å². The highest BCUT2D eigenvalue weighted by molar-refractivity contribution is 5.80. The van der Waals surface area contributed by atoms with E-state index >= 15 is 0 Å². The van der Waals surface area contributed by atoms with Gasteiger partial charge in [-0.2, -0.15) is 0 Å². The van der Waals surface area contributed by atoms with Gasteiger partial charge in [0, 0.05) is 39.1 Å². The smallest absolute Gasteiger partial charge is 0.407 e. The maximum Gasteiger partial charge on any atom is 0.407 e. The number of rotatable bonds is 33. The van der Waals surface area contributed by atoms with Crippen LogP contribution in [-0.2, 0) is 61.8 Å². The van der Waals surface area contributed by atoms with Gasteiger partial charge in [0.05, 0.1) is 66.1 Å². The molecule has 0 spiro atoms. The molecule has 0 atom stereocenters. The molecule has 49 heavy (non-hydrogen) atoms. The molecule has 0 aromatic carbocycles. The van der Waals surface area contributed by atoms with Crippen LogP contribution < -0.4 is 11.1 Å². The lowest BCUT2D eigenvalue weighted by molar-refractivity contribution is -0.125. The molecular weight excluding hydrogens is 648 g/mol. The molecule has 16 nitrogen and oxygen atoms in total. The first kappa shape index (κ1) is 48.7. The van der Waals surface area contributed by atoms with E-state index in [4.69, 9.17) is 48.4 Å². The van der Waals surface area contributed by atoms with E-state index in [-0.39, 0.29) is 49.6 Å². The Morgan fingerprint density at radius 3 is 1.27 bits per heavy atom. The predicted molar refractivity (Wildman–Crippen MR) is 180 cm³/mol. The molecule has 0 bridgehead atoms. The van der Waals surface area contributed by atoms with Crippen molar-refractivity contribution < 1.29 is 66.6 Å². The molecule has 0 heterocycles. The summed E-state index contributed by atoms with van der Waals surface area (Å²) in [6.07, 6.45) is 1.60. The summed E-state index contributed by atoms with van der Waals surface area (Å²) in [5.74, 6) is 0.0239. The molecule has 0 aliphatic rings. The molecule has 0 fully saturated rings. The van der Waals surface area contributed by atoms with Crippen LogP contribution in [0.15, 0.2) is 0 Å². The number of ketones is 4. The van der Waals surface area contributed by atoms with E-state index in [9.17, 15) is 24.0 Å². The van der Waals surface area contributed by atoms with Gasteiger partial charge in [-0.15, -0.1) is 0 Å². The SMILES string of the molecule is CC(=O)COCCOCCCC(=O)COCCOCCN.CC(=O)COCCOCCCC(=O)COCCOCCNC(=O)OC(C)(C)C. The molecule has 16 heteroatoms. The molecule has 0 saturated carbocycles. The zero-order chi connectivity index (χ0) is 37.0. The Morgan fingerprint density at radius 1 is 0.510 bits per heavy atom. The van der Waals surface area contributed by atoms with Gasteiger partial charge in [-0.25, -0.2) is 4.79 Å². The molecule has 0 unspecified atom stereocenters. The highest BCUT2D eigenvalue weighted by Gasteiger charge is 2.15. The highest BCUT2D eigenvalue weighted by Crippen LogP contribution is 2.06. The number of ether oxygens (including phenoxy) is 9. The first-order valence-corrected chi connectivity index (χ1v) is 16.7. The monoisotopic (exact) mass is 710 g/mol. The van der Waals surface area contributed by atoms with Crippen molar-refractivity contribution in [3.63, 3.8) is 0 Å². The molecule has 0 aliphatic carbocycles. The van der Waals surface area contributed by atoms with Gasteiger partial charge < -0.3 is 53.7 Å². The van der Waals surface area contributed by atoms with Crippen molar-refractivity contribution in [2.75, 3.05) is 119 Å². The molecule has 3 N–H and O–H groups in total. The Kier molecular flexibility index (Phi) is 35.2. The van der Waals surface area contributed by atoms with Crippen molar-refractivity contribution in [2.45, 2.75) is 65.9 Å². The molecule has 0 aromatic rings. The normalized spacial score (nSPS) is 11.1. The largest absolute Gasteiger partial charge is 0.444 e. The van der Waals surface area contributed by atoms with Crippen molar-refractivity contribution in [3.05, 3.63) is 0 Å². The lowest BCUT2D eigenvalue weighted by Gasteiger charge is -2.19. The average molecular weight is 711 g/mol. The number of Topliss-reactive ketones (excluding diaryl/α,β-unsaturated/α-hetero) is 4. The van der Waals surface area contributed by atoms with Crippen LogP contribution in [0.2, 0.25) is 0 Å². The van der Waals surface area contributed by atoms with Gasteiger partial charge in [0.1, 0.15) is 32.0 Å². The van der Waals surface area contributed by atoms with Crippen LogP contribution in [0.4, 0.5) is 4.79 Å². The Bertz CT molecular complexity index is 852. The van der Waals surface area contributed by atoms with Crippen molar-refractivity contribution >= 4 is 29.2 Å². The summed E-state index contributed by atoms with van der Waals surface area (Å²) in [4.78, 5) is 55.7. The van der Waals surface area contributed by atoms with E-state index in [1.807, 2.05) is 0 Å². The maximum atomic E-state index is 11.6. The highest BCUT2D eigenvalue weighted by atomic mass is 16.6. The second kappa shape index (κ2) is 35.4. The minimum atomic E-state index is -0.526. The zero-order valence-corrected chi connectivity index (χ0v) is 30.3. The molecular formula is C33H62N2O14. The number of nitrogens with two attached hydrogens (primary N) is 1. The van der Waals surface area contributed by atoms with Crippen LogP contribution in [0.3, 0.4) is 0 Å². The number of hydrogen-bond acceptors (Lipinski definition) is 15. The van der Waals surface area contributed by atoms with Gasteiger partial charge in [-0.05, 0) is 47.5 Å². The molecule has 1 amide bonds. The van der Waals surface area contributed by atoms with Crippen molar-refractivity contribution in [1.82, 2.24) is 5.32 Å². The Labute approximate surface area is 291 Å². The van der Waals surface area contributed by atoms with Crippen LogP contribution in [-0.4, -0.2) is 154 Å². The Hall–Kier alpha value is -2.41. The van der Waals surface area contributed by atoms with Gasteiger partial charge >= 0.3 is 6.09 Å². The number of alkyl carbamates (subject to hydrolysis) is 1. The average Bonchev–Trinajstić information content (AvgIpc) is 3.02. The number of nitrogens with one attached hydrogen (secondary N) is 1. The summed E-state index contributed by atoms with van der Waals surface area (Å²) in [5, 5.41) is 2.58. The number of carbonyl (C=O) groups is 5. The standard InChI is InChI=1S/C19H35NO8.C14H27NO6/c1-16(21)14-26-12-10-24-8-5-6-17(22)15-27-13-11-25-9-7-20-18(23)28-19(2,3)4;1-13(16)11-20-9-7-18-5-2-3-14(17)12-21-10-8-19-6-4-15/h5-15H2,1-4H3,(H,20,23);2-12,15H2,1H3. The fraction of sp³-hybridized carbons (Fsp3) is 0.848. The molecule has 0 radical (unpaired) electrons. The predicted octanol–water partition coefficient (Wildman–Crippen LogP) is 1.47. The van der Waals surface area contributed by atoms with Crippen molar-refractivity contribution in [1.29, 1.82) is 0 Å². The van der Waals surface area contributed by atoms with E-state index in [1.165, 1.54) is 13.8 Å². The molecule has 0 rings (SSSR count). The lowest BCUT2D eigenvalue weighted by atomic mass is 10.2. The summed E-state index contributed by atoms with van der Waals surface area (Å²) < 4.78 is 46.6. The third-order valence-corrected chi connectivity index (χ3v) is 5.29. The minimum absolute atomic E-state index is 0.00280. The third-order valence-electron chi connectivity index (χ3n) is 5.29. The number of amides is 1. The Balaban J connectivity index is 0. The number of hydrogen-bond donors (Lipinski definition) is 2. The van der Waals surface area contributed by atoms with Crippen LogP contribution >= 0.6 is 0 Å². The molecule has 0 aliphatic heterocycles. The first-order valence-electron chi connectivity index (χ1n) is 16.7. The quantitative estimate of drug-likeness (QED) is 0.0925. The topological polar surface area (TPSA) is 206 Å². The summed E-state index contributed by atoms with van der Waals surface area (Å²) in [6.45, 7) is 14.4. The van der Waals surface area contributed by atoms with Gasteiger partial charge in [-0.1, -0.05) is 0 Å². The van der Waals surface area contributed by atoms with E-state index in [2.05, 4.69) is 5.32 Å². The zero-order valence-electron chi connectivity index (χ0n) is 30.3. The van der Waals surface area contributed by atoms with Crippen molar-refractivity contribution in [3.8, 4) is 0 Å². The summed E-state index contributed by atoms with van der Waals surface area (Å²) in [5.41, 5.74) is 4.73. The first-order chi connectivity index (χ1) is 23.4. The van der Waals surface area contributed by atoms with E-state index in [0.717, 1.165) is 0 Å². The molecule has 288 valence electrons. The fourth-order valence-electron chi connectivity index (χ4n) is 3.19. The molecule has 0 aromatic heterocycles. The second-order valence-electron chi connectivity index (χ2n) is 11.6. The minimum Gasteiger partial charge on any atom is -0.444 e. The maximum absolute atomic E-state index is 11.6. The van der Waals surface area contributed by atoms with Crippen molar-refractivity contribution in [2.24, 2.45) is 5.73 Å². The van der Waals surface area contributed by atoms with E-state index in [0.29, 0.717) is 118 Å². The van der Waals surface area contributed by atoms with E-state index in [1.54, 1.807) is 20.8 Å². The molecule has 0 saturated heterocycles. The van der Waals surface area contributed by atoms with Crippen LogP contribution in [0, 0.1) is 0 Å². The van der Waals surface area contributed by atoms with Gasteiger partial charge in [0.15, 0.2) is 23.1 Å². The summed E-state index contributed by atoms with van der Waals surface area (Å²) in [7, 11) is 0. The Morgan fingerprint density at radius 2 is 0.878 bits per heavy atom. The summed E-state index contributed by atoms with van der Waals surface area (Å²) in [6, 6.07) is 0. The lowest BCUT2D eigenvalue weighted by Crippen LogP contribution is -2.34. The second-order valence-corrected chi connectivity index (χ2v) is 11.6. The van der Waals surface area contributed by atoms with Crippen LogP contribution in [0.25, 0.3) is 0 Å². The third kappa shape index (κ3) is 45.6.